The van der Waals surface area contributed by atoms with Crippen LogP contribution in [0.4, 0.5) is 4.39 Å². The van der Waals surface area contributed by atoms with Crippen LogP contribution in [0.15, 0.2) is 54.6 Å². The zero-order valence-corrected chi connectivity index (χ0v) is 12.4. The zero-order chi connectivity index (χ0) is 15.2. The summed E-state index contributed by atoms with van der Waals surface area (Å²) in [5.74, 6) is -0.293. The first-order valence-corrected chi connectivity index (χ1v) is 7.14. The molecule has 0 atom stereocenters. The molecule has 110 valence electrons. The van der Waals surface area contributed by atoms with Gasteiger partial charge in [-0.1, -0.05) is 42.5 Å². The molecule has 0 N–H and O–H groups in total. The molecule has 0 fully saturated rings. The number of hydrogen-bond donors (Lipinski definition) is 0. The molecule has 0 radical (unpaired) electrons. The molecule has 0 aliphatic rings. The van der Waals surface area contributed by atoms with Gasteiger partial charge in [0.1, 0.15) is 5.82 Å². The number of carbonyl (C=O) groups is 1. The first-order valence-electron chi connectivity index (χ1n) is 7.14. The Morgan fingerprint density at radius 3 is 2.33 bits per heavy atom. The van der Waals surface area contributed by atoms with Gasteiger partial charge in [-0.15, -0.1) is 0 Å². The fourth-order valence-electron chi connectivity index (χ4n) is 2.26. The summed E-state index contributed by atoms with van der Waals surface area (Å²) >= 11 is 0. The van der Waals surface area contributed by atoms with Gasteiger partial charge in [0.15, 0.2) is 0 Å². The van der Waals surface area contributed by atoms with Crippen molar-refractivity contribution in [2.24, 2.45) is 0 Å². The summed E-state index contributed by atoms with van der Waals surface area (Å²) in [5.41, 5.74) is 1.80. The van der Waals surface area contributed by atoms with Crippen molar-refractivity contribution >= 4 is 5.91 Å². The molecule has 21 heavy (non-hydrogen) atoms. The average molecular weight is 285 g/mol. The molecule has 2 aromatic carbocycles. The summed E-state index contributed by atoms with van der Waals surface area (Å²) < 4.78 is 13.2. The lowest BCUT2D eigenvalue weighted by Gasteiger charge is -2.27. The molecule has 0 spiro atoms. The molecular weight excluding hydrogens is 265 g/mol. The van der Waals surface area contributed by atoms with Crippen molar-refractivity contribution < 1.29 is 9.18 Å². The molecule has 3 heteroatoms. The second kappa shape index (κ2) is 7.02. The van der Waals surface area contributed by atoms with E-state index in [0.717, 1.165) is 5.56 Å². The smallest absolute Gasteiger partial charge is 0.227 e. The van der Waals surface area contributed by atoms with E-state index in [1.807, 2.05) is 49.1 Å². The van der Waals surface area contributed by atoms with Crippen molar-refractivity contribution in [3.8, 4) is 0 Å². The summed E-state index contributed by atoms with van der Waals surface area (Å²) in [5, 5.41) is 0. The third kappa shape index (κ3) is 4.42. The van der Waals surface area contributed by atoms with Crippen LogP contribution in [0.1, 0.15) is 25.0 Å². The Balaban J connectivity index is 2.09. The zero-order valence-electron chi connectivity index (χ0n) is 12.4. The van der Waals surface area contributed by atoms with Crippen LogP contribution < -0.4 is 0 Å². The van der Waals surface area contributed by atoms with E-state index in [4.69, 9.17) is 0 Å². The van der Waals surface area contributed by atoms with Crippen LogP contribution in [0.3, 0.4) is 0 Å². The van der Waals surface area contributed by atoms with E-state index in [9.17, 15) is 9.18 Å². The predicted molar refractivity (Wildman–Crippen MR) is 82.2 cm³/mol. The minimum atomic E-state index is -0.306. The van der Waals surface area contributed by atoms with Crippen molar-refractivity contribution in [2.45, 2.75) is 32.9 Å². The van der Waals surface area contributed by atoms with Crippen LogP contribution in [0.25, 0.3) is 0 Å². The molecule has 2 aromatic rings. The van der Waals surface area contributed by atoms with Crippen molar-refractivity contribution in [1.82, 2.24) is 4.90 Å². The van der Waals surface area contributed by atoms with E-state index >= 15 is 0 Å². The van der Waals surface area contributed by atoms with Crippen molar-refractivity contribution in [3.63, 3.8) is 0 Å². The third-order valence-electron chi connectivity index (χ3n) is 3.38. The molecule has 0 aliphatic carbocycles. The Labute approximate surface area is 125 Å². The Hall–Kier alpha value is -2.16. The van der Waals surface area contributed by atoms with Crippen LogP contribution in [-0.4, -0.2) is 16.8 Å². The Bertz CT molecular complexity index is 595. The van der Waals surface area contributed by atoms with Gasteiger partial charge in [0.2, 0.25) is 5.91 Å². The predicted octanol–water partition coefficient (Wildman–Crippen LogP) is 3.81. The normalized spacial score (nSPS) is 10.7. The Morgan fingerprint density at radius 1 is 1.05 bits per heavy atom. The van der Waals surface area contributed by atoms with Crippen molar-refractivity contribution in [1.29, 1.82) is 0 Å². The topological polar surface area (TPSA) is 20.3 Å². The minimum Gasteiger partial charge on any atom is -0.336 e. The lowest BCUT2D eigenvalue weighted by molar-refractivity contribution is -0.132. The summed E-state index contributed by atoms with van der Waals surface area (Å²) in [4.78, 5) is 14.3. The fraction of sp³-hybridized carbons (Fsp3) is 0.278. The third-order valence-corrected chi connectivity index (χ3v) is 3.38. The van der Waals surface area contributed by atoms with Gasteiger partial charge in [-0.3, -0.25) is 4.79 Å². The minimum absolute atomic E-state index is 0.0134. The van der Waals surface area contributed by atoms with E-state index in [-0.39, 0.29) is 24.2 Å². The lowest BCUT2D eigenvalue weighted by Crippen LogP contribution is -2.37. The largest absolute Gasteiger partial charge is 0.336 e. The monoisotopic (exact) mass is 285 g/mol. The molecule has 0 unspecified atom stereocenters. The maximum absolute atomic E-state index is 13.2. The molecule has 0 saturated heterocycles. The lowest BCUT2D eigenvalue weighted by atomic mass is 10.1. The van der Waals surface area contributed by atoms with Crippen molar-refractivity contribution in [3.05, 3.63) is 71.5 Å². The second-order valence-electron chi connectivity index (χ2n) is 5.41. The fourth-order valence-corrected chi connectivity index (χ4v) is 2.26. The van der Waals surface area contributed by atoms with Crippen LogP contribution in [0.2, 0.25) is 0 Å². The van der Waals surface area contributed by atoms with Gasteiger partial charge in [-0.2, -0.15) is 0 Å². The Kier molecular flexibility index (Phi) is 5.09. The van der Waals surface area contributed by atoms with Gasteiger partial charge in [0.25, 0.3) is 0 Å². The number of halogens is 1. The van der Waals surface area contributed by atoms with Gasteiger partial charge in [-0.05, 0) is 37.1 Å². The maximum Gasteiger partial charge on any atom is 0.227 e. The highest BCUT2D eigenvalue weighted by atomic mass is 19.1. The molecule has 0 heterocycles. The molecule has 2 rings (SSSR count). The first-order chi connectivity index (χ1) is 10.1. The van der Waals surface area contributed by atoms with Crippen LogP contribution >= 0.6 is 0 Å². The molecule has 0 aliphatic heterocycles. The highest BCUT2D eigenvalue weighted by Gasteiger charge is 2.17. The number of amides is 1. The van der Waals surface area contributed by atoms with E-state index in [1.165, 1.54) is 12.1 Å². The van der Waals surface area contributed by atoms with E-state index in [2.05, 4.69) is 0 Å². The van der Waals surface area contributed by atoms with Crippen LogP contribution in [0.5, 0.6) is 0 Å². The van der Waals surface area contributed by atoms with Crippen LogP contribution in [-0.2, 0) is 17.8 Å². The van der Waals surface area contributed by atoms with Gasteiger partial charge >= 0.3 is 0 Å². The molecule has 2 nitrogen and oxygen atoms in total. The van der Waals surface area contributed by atoms with Gasteiger partial charge in [0.05, 0.1) is 6.42 Å². The highest BCUT2D eigenvalue weighted by Crippen LogP contribution is 2.12. The summed E-state index contributed by atoms with van der Waals surface area (Å²) in [6.07, 6.45) is 0.225. The number of benzene rings is 2. The molecule has 0 saturated carbocycles. The first kappa shape index (κ1) is 15.2. The number of rotatable bonds is 5. The highest BCUT2D eigenvalue weighted by molar-refractivity contribution is 5.79. The Morgan fingerprint density at radius 2 is 1.71 bits per heavy atom. The average Bonchev–Trinajstić information content (AvgIpc) is 2.45. The van der Waals surface area contributed by atoms with Crippen molar-refractivity contribution in [2.75, 3.05) is 0 Å². The second-order valence-corrected chi connectivity index (χ2v) is 5.41. The van der Waals surface area contributed by atoms with E-state index in [1.54, 1.807) is 12.1 Å². The molecule has 0 bridgehead atoms. The molecule has 1 amide bonds. The SMILES string of the molecule is CC(C)N(Cc1ccccc1)C(=O)Cc1cccc(F)c1. The summed E-state index contributed by atoms with van der Waals surface area (Å²) in [7, 11) is 0. The molecular formula is C18H20FNO. The van der Waals surface area contributed by atoms with Gasteiger partial charge < -0.3 is 4.90 Å². The molecule has 0 aromatic heterocycles. The quantitative estimate of drug-likeness (QED) is 0.818. The van der Waals surface area contributed by atoms with Gasteiger partial charge in [0, 0.05) is 12.6 Å². The van der Waals surface area contributed by atoms with E-state index < -0.39 is 0 Å². The number of nitrogens with zero attached hydrogens (tertiary/aromatic N) is 1. The van der Waals surface area contributed by atoms with Gasteiger partial charge in [-0.25, -0.2) is 4.39 Å². The number of carbonyl (C=O) groups excluding carboxylic acids is 1. The van der Waals surface area contributed by atoms with E-state index in [0.29, 0.717) is 12.1 Å². The summed E-state index contributed by atoms with van der Waals surface area (Å²) in [6, 6.07) is 16.2. The standard InChI is InChI=1S/C18H20FNO/c1-14(2)20(13-15-7-4-3-5-8-15)18(21)12-16-9-6-10-17(19)11-16/h3-11,14H,12-13H2,1-2H3. The summed E-state index contributed by atoms with van der Waals surface area (Å²) in [6.45, 7) is 4.56. The number of hydrogen-bond acceptors (Lipinski definition) is 1. The maximum atomic E-state index is 13.2. The van der Waals surface area contributed by atoms with Crippen LogP contribution in [0, 0.1) is 5.82 Å².